The first kappa shape index (κ1) is 35.3. The van der Waals surface area contributed by atoms with Gasteiger partial charge in [-0.15, -0.1) is 0 Å². The summed E-state index contributed by atoms with van der Waals surface area (Å²) in [5.74, 6) is 1.72. The number of ether oxygens (including phenoxy) is 1. The van der Waals surface area contributed by atoms with Crippen LogP contribution in [0.25, 0.3) is 38.8 Å². The van der Waals surface area contributed by atoms with Gasteiger partial charge in [-0.1, -0.05) is 108 Å². The van der Waals surface area contributed by atoms with Crippen LogP contribution in [-0.2, 0) is 10.8 Å². The molecule has 0 unspecified atom stereocenters. The molecule has 6 heteroatoms. The zero-order valence-corrected chi connectivity index (χ0v) is 32.7. The third-order valence-electron chi connectivity index (χ3n) is 10.9. The lowest BCUT2D eigenvalue weighted by Gasteiger charge is -2.25. The Labute approximate surface area is 328 Å². The number of para-hydroxylation sites is 3. The number of anilines is 4. The van der Waals surface area contributed by atoms with Crippen molar-refractivity contribution >= 4 is 44.6 Å². The van der Waals surface area contributed by atoms with Gasteiger partial charge in [-0.05, 0) is 88.7 Å². The van der Waals surface area contributed by atoms with E-state index in [0.29, 0.717) is 29.3 Å². The van der Waals surface area contributed by atoms with Gasteiger partial charge in [0.25, 0.3) is 0 Å². The summed E-state index contributed by atoms with van der Waals surface area (Å²) in [4.78, 5) is 9.56. The lowest BCUT2D eigenvalue weighted by molar-refractivity contribution is 0.484. The van der Waals surface area contributed by atoms with Gasteiger partial charge in [0.2, 0.25) is 0 Å². The van der Waals surface area contributed by atoms with Crippen LogP contribution < -0.4 is 14.5 Å². The smallest absolute Gasteiger partial charge is 0.137 e. The van der Waals surface area contributed by atoms with Gasteiger partial charge in [0.05, 0.1) is 22.4 Å². The Kier molecular flexibility index (Phi) is 8.46. The van der Waals surface area contributed by atoms with Gasteiger partial charge < -0.3 is 14.5 Å². The topological polar surface area (TPSA) is 33.5 Å². The second kappa shape index (κ2) is 13.4. The van der Waals surface area contributed by atoms with Crippen LogP contribution in [0.3, 0.4) is 0 Å². The summed E-state index contributed by atoms with van der Waals surface area (Å²) in [5.41, 5.74) is 9.98. The fourth-order valence-electron chi connectivity index (χ4n) is 7.86. The Balaban J connectivity index is 1.17. The van der Waals surface area contributed by atoms with Crippen LogP contribution >= 0.6 is 0 Å². The molecule has 0 bridgehead atoms. The number of fused-ring (bicyclic) bond motifs is 4. The zero-order chi connectivity index (χ0) is 38.8. The van der Waals surface area contributed by atoms with Gasteiger partial charge in [0.15, 0.2) is 0 Å². The molecule has 1 aliphatic rings. The van der Waals surface area contributed by atoms with Crippen LogP contribution in [-0.4, -0.2) is 16.2 Å². The number of rotatable bonds is 6. The lowest BCUT2D eigenvalue weighted by atomic mass is 9.87. The minimum atomic E-state index is -0.307. The van der Waals surface area contributed by atoms with Crippen molar-refractivity contribution in [2.24, 2.45) is 0 Å². The quantitative estimate of drug-likeness (QED) is 0.170. The Bertz CT molecular complexity index is 2770. The van der Waals surface area contributed by atoms with E-state index in [9.17, 15) is 0 Å². The monoisotopic (exact) mass is 736 g/mol. The maximum atomic E-state index is 15.7. The van der Waals surface area contributed by atoms with E-state index in [2.05, 4.69) is 147 Å². The Morgan fingerprint density at radius 1 is 0.554 bits per heavy atom. The normalized spacial score (nSPS) is 13.1. The molecule has 0 saturated carbocycles. The van der Waals surface area contributed by atoms with Gasteiger partial charge in [0.1, 0.15) is 29.8 Å². The van der Waals surface area contributed by atoms with Crippen molar-refractivity contribution in [2.45, 2.75) is 52.4 Å². The second-order valence-corrected chi connectivity index (χ2v) is 16.7. The van der Waals surface area contributed by atoms with E-state index < -0.39 is 0 Å². The summed E-state index contributed by atoms with van der Waals surface area (Å²) >= 11 is 0. The van der Waals surface area contributed by atoms with E-state index in [1.807, 2.05) is 48.7 Å². The number of nitrogens with zero attached hydrogens (tertiary/aromatic N) is 4. The minimum absolute atomic E-state index is 0.0342. The molecule has 0 spiro atoms. The SMILES string of the molecule is CC(C)(C)c1cccc(N2CN(c3cccc(Oc4cc5c(cc4-c4ccccc4F)c4ccccc4n5-c4cc(C(C)(C)C)ccn4)c3)c3ccccc32)c1. The highest BCUT2D eigenvalue weighted by molar-refractivity contribution is 6.11. The Morgan fingerprint density at radius 3 is 1.93 bits per heavy atom. The highest BCUT2D eigenvalue weighted by Gasteiger charge is 2.29. The summed E-state index contributed by atoms with van der Waals surface area (Å²) in [6.07, 6.45) is 1.88. The number of benzene rings is 6. The van der Waals surface area contributed by atoms with E-state index >= 15 is 4.39 Å². The Morgan fingerprint density at radius 2 is 1.20 bits per heavy atom. The molecule has 6 aromatic carbocycles. The van der Waals surface area contributed by atoms with Crippen molar-refractivity contribution in [1.29, 1.82) is 0 Å². The van der Waals surface area contributed by atoms with Gasteiger partial charge >= 0.3 is 0 Å². The molecular weight excluding hydrogens is 692 g/mol. The minimum Gasteiger partial charge on any atom is -0.457 e. The van der Waals surface area contributed by atoms with Crippen LogP contribution in [0.4, 0.5) is 27.1 Å². The molecule has 8 aromatic rings. The van der Waals surface area contributed by atoms with Gasteiger partial charge in [-0.3, -0.25) is 4.57 Å². The molecule has 1 aliphatic heterocycles. The number of pyridine rings is 1. The molecule has 0 saturated heterocycles. The molecule has 0 fully saturated rings. The van der Waals surface area contributed by atoms with Crippen LogP contribution in [0.5, 0.6) is 11.5 Å². The van der Waals surface area contributed by atoms with Crippen molar-refractivity contribution in [1.82, 2.24) is 9.55 Å². The van der Waals surface area contributed by atoms with Crippen molar-refractivity contribution in [3.8, 4) is 28.4 Å². The fraction of sp³-hybridized carbons (Fsp3) is 0.180. The molecule has 0 N–H and O–H groups in total. The maximum absolute atomic E-state index is 15.7. The summed E-state index contributed by atoms with van der Waals surface area (Å²) in [6.45, 7) is 14.0. The van der Waals surface area contributed by atoms with E-state index in [1.165, 1.54) is 17.2 Å². The molecular formula is C50H45FN4O. The van der Waals surface area contributed by atoms with E-state index in [0.717, 1.165) is 50.4 Å². The second-order valence-electron chi connectivity index (χ2n) is 16.7. The molecule has 278 valence electrons. The van der Waals surface area contributed by atoms with Crippen LogP contribution in [0.15, 0.2) is 152 Å². The highest BCUT2D eigenvalue weighted by Crippen LogP contribution is 2.47. The average Bonchev–Trinajstić information content (AvgIpc) is 3.73. The van der Waals surface area contributed by atoms with Crippen LogP contribution in [0.2, 0.25) is 0 Å². The van der Waals surface area contributed by atoms with E-state index in [1.54, 1.807) is 6.07 Å². The predicted octanol–water partition coefficient (Wildman–Crippen LogP) is 13.6. The van der Waals surface area contributed by atoms with Gasteiger partial charge in [0, 0.05) is 51.6 Å². The fourth-order valence-corrected chi connectivity index (χ4v) is 7.86. The maximum Gasteiger partial charge on any atom is 0.137 e. The highest BCUT2D eigenvalue weighted by atomic mass is 19.1. The first-order valence-electron chi connectivity index (χ1n) is 19.3. The lowest BCUT2D eigenvalue weighted by Crippen LogP contribution is -2.24. The molecule has 0 radical (unpaired) electrons. The van der Waals surface area contributed by atoms with Crippen molar-refractivity contribution in [3.63, 3.8) is 0 Å². The third kappa shape index (κ3) is 6.25. The average molecular weight is 737 g/mol. The standard InChI is InChI=1S/C50H45FN4O/c1-49(2,3)33-15-13-16-35(27-33)53-32-54(45-24-12-11-23-44(45)53)36-17-14-18-37(29-36)56-47-31-46-40(30-41(47)38-19-7-9-21-42(38)51)39-20-8-10-22-43(39)55(46)48-28-34(25-26-52-48)50(4,5)6/h7-31H,32H2,1-6H3. The number of halogens is 1. The molecule has 2 aromatic heterocycles. The van der Waals surface area contributed by atoms with Crippen LogP contribution in [0, 0.1) is 5.82 Å². The van der Waals surface area contributed by atoms with Crippen molar-refractivity contribution in [3.05, 3.63) is 169 Å². The number of aromatic nitrogens is 2. The summed E-state index contributed by atoms with van der Waals surface area (Å²) < 4.78 is 24.8. The summed E-state index contributed by atoms with van der Waals surface area (Å²) in [5, 5.41) is 2.05. The molecule has 56 heavy (non-hydrogen) atoms. The molecule has 3 heterocycles. The van der Waals surface area contributed by atoms with Crippen molar-refractivity contribution < 1.29 is 9.13 Å². The van der Waals surface area contributed by atoms with Gasteiger partial charge in [-0.2, -0.15) is 0 Å². The van der Waals surface area contributed by atoms with E-state index in [-0.39, 0.29) is 16.6 Å². The molecule has 0 atom stereocenters. The number of hydrogen-bond donors (Lipinski definition) is 0. The molecule has 5 nitrogen and oxygen atoms in total. The molecule has 0 aliphatic carbocycles. The third-order valence-corrected chi connectivity index (χ3v) is 10.9. The van der Waals surface area contributed by atoms with Gasteiger partial charge in [-0.25, -0.2) is 9.37 Å². The first-order valence-corrected chi connectivity index (χ1v) is 19.3. The molecule has 9 rings (SSSR count). The predicted molar refractivity (Wildman–Crippen MR) is 230 cm³/mol. The first-order chi connectivity index (χ1) is 26.9. The largest absolute Gasteiger partial charge is 0.457 e. The van der Waals surface area contributed by atoms with E-state index in [4.69, 9.17) is 9.72 Å². The van der Waals surface area contributed by atoms with Crippen molar-refractivity contribution in [2.75, 3.05) is 16.5 Å². The summed E-state index contributed by atoms with van der Waals surface area (Å²) in [6, 6.07) is 49.1. The summed E-state index contributed by atoms with van der Waals surface area (Å²) in [7, 11) is 0. The Hall–Kier alpha value is -6.40. The molecule has 0 amide bonds. The zero-order valence-electron chi connectivity index (χ0n) is 32.7. The van der Waals surface area contributed by atoms with Crippen LogP contribution in [0.1, 0.15) is 52.7 Å². The number of hydrogen-bond acceptors (Lipinski definition) is 4.